The molecule has 20 nitrogen and oxygen atoms in total. The zero-order valence-electron chi connectivity index (χ0n) is 35.2. The van der Waals surface area contributed by atoms with Crippen molar-refractivity contribution in [3.05, 3.63) is 133 Å². The summed E-state index contributed by atoms with van der Waals surface area (Å²) in [6, 6.07) is 29.1. The van der Waals surface area contributed by atoms with Gasteiger partial charge < -0.3 is 35.6 Å². The Balaban J connectivity index is 0.000000139. The number of nitrogens with one attached hydrogen (secondary N) is 3. The summed E-state index contributed by atoms with van der Waals surface area (Å²) >= 11 is 2.69. The number of aliphatic carboxylic acids is 1. The lowest BCUT2D eigenvalue weighted by atomic mass is 10.1. The number of nitrogen functional groups attached to an aromatic ring is 1. The summed E-state index contributed by atoms with van der Waals surface area (Å²) in [6.45, 7) is 0. The number of rotatable bonds is 10. The summed E-state index contributed by atoms with van der Waals surface area (Å²) in [5, 5.41) is 39.1. The van der Waals surface area contributed by atoms with Gasteiger partial charge in [0, 0.05) is 46.7 Å². The minimum atomic E-state index is -3.34. The predicted octanol–water partition coefficient (Wildman–Crippen LogP) is 6.50. The van der Waals surface area contributed by atoms with E-state index in [0.29, 0.717) is 27.0 Å². The van der Waals surface area contributed by atoms with Crippen molar-refractivity contribution in [2.45, 2.75) is 12.8 Å². The van der Waals surface area contributed by atoms with Gasteiger partial charge >= 0.3 is 5.97 Å². The number of hydrogen-bond acceptors (Lipinski definition) is 17. The molecule has 3 aromatic carbocycles. The number of H-pyrrole nitrogens is 2. The van der Waals surface area contributed by atoms with Crippen LogP contribution in [0.25, 0.3) is 54.2 Å². The highest BCUT2D eigenvalue weighted by Crippen LogP contribution is 2.32. The number of fused-ring (bicyclic) bond motifs is 3. The second kappa shape index (κ2) is 21.0. The summed E-state index contributed by atoms with van der Waals surface area (Å²) in [5.41, 5.74) is 11.8. The molecule has 0 radical (unpaired) electrons. The molecule has 10 aromatic rings. The Morgan fingerprint density at radius 1 is 0.727 bits per heavy atom. The van der Waals surface area contributed by atoms with E-state index in [9.17, 15) is 18.0 Å². The molecule has 7 aromatic heterocycles. The van der Waals surface area contributed by atoms with Crippen LogP contribution in [0.4, 0.5) is 10.3 Å². The van der Waals surface area contributed by atoms with E-state index >= 15 is 0 Å². The molecule has 0 saturated carbocycles. The monoisotopic (exact) mass is 945 g/mol. The Hall–Kier alpha value is -8.15. The summed E-state index contributed by atoms with van der Waals surface area (Å²) < 4.78 is 33.4. The molecule has 1 amide bonds. The maximum absolute atomic E-state index is 12.3. The van der Waals surface area contributed by atoms with Crippen molar-refractivity contribution in [2.75, 3.05) is 31.5 Å². The first-order valence-corrected chi connectivity index (χ1v) is 22.9. The van der Waals surface area contributed by atoms with E-state index in [4.69, 9.17) is 20.3 Å². The average molecular weight is 946 g/mol. The molecule has 0 aliphatic rings. The highest BCUT2D eigenvalue weighted by molar-refractivity contribution is 7.89. The molecule has 0 atom stereocenters. The fraction of sp³-hybridized carbons (Fsp3) is 0.116. The molecule has 23 heteroatoms. The second-order valence-electron chi connectivity index (χ2n) is 13.7. The molecule has 10 rings (SSSR count). The van der Waals surface area contributed by atoms with Gasteiger partial charge in [-0.05, 0) is 71.8 Å². The summed E-state index contributed by atoms with van der Waals surface area (Å²) in [5.74, 6) is 0.431. The van der Waals surface area contributed by atoms with E-state index in [-0.39, 0.29) is 18.7 Å². The first kappa shape index (κ1) is 45.9. The van der Waals surface area contributed by atoms with Gasteiger partial charge in [0.2, 0.25) is 16.2 Å². The maximum Gasteiger partial charge on any atom is 0.307 e. The molecule has 6 N–H and O–H groups in total. The zero-order chi connectivity index (χ0) is 46.6. The fourth-order valence-electron chi connectivity index (χ4n) is 6.17. The number of ether oxygens (including phenoxy) is 2. The van der Waals surface area contributed by atoms with Gasteiger partial charge in [0.25, 0.3) is 10.0 Å². The molecule has 66 heavy (non-hydrogen) atoms. The Labute approximate surface area is 383 Å². The smallest absolute Gasteiger partial charge is 0.307 e. The number of carboxylic acid groups (broad SMARTS) is 1. The second-order valence-corrected chi connectivity index (χ2v) is 17.5. The third-order valence-corrected chi connectivity index (χ3v) is 11.7. The van der Waals surface area contributed by atoms with Crippen LogP contribution in [0.3, 0.4) is 0 Å². The third kappa shape index (κ3) is 11.7. The number of pyridine rings is 2. The number of methoxy groups -OCH3 is 2. The number of nitrogens with two attached hydrogens (primary N) is 1. The number of aromatic amines is 2. The average Bonchev–Trinajstić information content (AvgIpc) is 4.17. The van der Waals surface area contributed by atoms with Gasteiger partial charge in [0.15, 0.2) is 10.0 Å². The highest BCUT2D eigenvalue weighted by atomic mass is 32.2. The van der Waals surface area contributed by atoms with Crippen LogP contribution in [0, 0.1) is 0 Å². The van der Waals surface area contributed by atoms with Crippen LogP contribution in [-0.4, -0.2) is 101 Å². The Bertz CT molecular complexity index is 3360. The van der Waals surface area contributed by atoms with Crippen molar-refractivity contribution in [2.24, 2.45) is 0 Å². The van der Waals surface area contributed by atoms with E-state index in [1.54, 1.807) is 75.1 Å². The zero-order valence-corrected chi connectivity index (χ0v) is 37.6. The molecule has 0 aliphatic heterocycles. The predicted molar refractivity (Wildman–Crippen MR) is 252 cm³/mol. The van der Waals surface area contributed by atoms with Gasteiger partial charge in [-0.1, -0.05) is 64.3 Å². The van der Waals surface area contributed by atoms with E-state index in [0.717, 1.165) is 70.4 Å². The molecule has 0 aliphatic carbocycles. The van der Waals surface area contributed by atoms with Crippen LogP contribution in [0.1, 0.15) is 11.1 Å². The minimum Gasteiger partial charge on any atom is -0.497 e. The van der Waals surface area contributed by atoms with Crippen LogP contribution in [0.2, 0.25) is 0 Å². The molecule has 0 saturated heterocycles. The quantitative estimate of drug-likeness (QED) is 0.0978. The van der Waals surface area contributed by atoms with E-state index in [1.807, 2.05) is 60.9 Å². The van der Waals surface area contributed by atoms with Crippen molar-refractivity contribution < 1.29 is 32.6 Å². The van der Waals surface area contributed by atoms with E-state index < -0.39 is 16.0 Å². The number of amides is 1. The number of hydrogen-bond donors (Lipinski definition) is 5. The number of aromatic nitrogens is 11. The maximum atomic E-state index is 12.3. The first-order chi connectivity index (χ1) is 31.9. The summed E-state index contributed by atoms with van der Waals surface area (Å²) in [6.07, 6.45) is 8.57. The van der Waals surface area contributed by atoms with Gasteiger partial charge in [-0.25, -0.2) is 18.4 Å². The Morgan fingerprint density at radius 2 is 1.30 bits per heavy atom. The molecule has 0 bridgehead atoms. The molecule has 0 spiro atoms. The lowest BCUT2D eigenvalue weighted by molar-refractivity contribution is -0.136. The number of nitrogens with zero attached hydrogens (tertiary/aromatic N) is 9. The SMILES string of the molecule is COc1cccc(CC(=O)Nc2nnc(-c3c[nH]c4ncccc34)s2)c1.COc1cccc(CC(=O)O)c1.CS(=O)(=O)n1nnc2ccccc21.Nc1nnc(-c2c[nH]c3ncccc23)s1. The number of carboxylic acids is 1. The molecule has 336 valence electrons. The number of anilines is 2. The van der Waals surface area contributed by atoms with Gasteiger partial charge in [-0.15, -0.1) is 29.6 Å². The van der Waals surface area contributed by atoms with Crippen molar-refractivity contribution in [3.63, 3.8) is 0 Å². The van der Waals surface area contributed by atoms with Crippen molar-refractivity contribution in [3.8, 4) is 32.6 Å². The number of para-hydroxylation sites is 1. The van der Waals surface area contributed by atoms with Gasteiger partial charge in [0.05, 0.1) is 33.3 Å². The Morgan fingerprint density at radius 3 is 1.86 bits per heavy atom. The van der Waals surface area contributed by atoms with Crippen molar-refractivity contribution in [1.82, 2.24) is 54.7 Å². The first-order valence-electron chi connectivity index (χ1n) is 19.4. The standard InChI is InChI=1S/C18H15N5O2S.C9H7N5S.C9H10O3.C7H7N3O2S/c1-25-12-5-2-4-11(8-12)9-15(24)21-18-23-22-17(26-18)14-10-20-16-13(14)6-3-7-19-16;10-9-14-13-8(15-9)6-4-12-7-5(6)2-1-3-11-7;1-12-8-4-2-3-7(5-8)6-9(10)11;1-13(11,12)10-7-5-3-2-4-6(7)8-9-10/h2-8,10H,9H2,1H3,(H,19,20)(H,21,23,24);1-4H,(H2,10,14)(H,11,12);2-5H,6H2,1H3,(H,10,11);2-5H,1H3. The van der Waals surface area contributed by atoms with Crippen LogP contribution in [-0.2, 0) is 32.5 Å². The van der Waals surface area contributed by atoms with E-state index in [2.05, 4.69) is 56.0 Å². The normalized spacial score (nSPS) is 10.8. The highest BCUT2D eigenvalue weighted by Gasteiger charge is 2.15. The lowest BCUT2D eigenvalue weighted by Gasteiger charge is -2.04. The number of carbonyl (C=O) groups excluding carboxylic acids is 1. The number of carbonyl (C=O) groups is 2. The third-order valence-electron chi connectivity index (χ3n) is 9.10. The van der Waals surface area contributed by atoms with E-state index in [1.165, 1.54) is 22.7 Å². The largest absolute Gasteiger partial charge is 0.497 e. The van der Waals surface area contributed by atoms with Gasteiger partial charge in [-0.3, -0.25) is 9.59 Å². The van der Waals surface area contributed by atoms with Gasteiger partial charge in [0.1, 0.15) is 33.8 Å². The van der Waals surface area contributed by atoms with Crippen molar-refractivity contribution in [1.29, 1.82) is 0 Å². The fourth-order valence-corrected chi connectivity index (χ4v) is 8.28. The minimum absolute atomic E-state index is 0.0389. The topological polar surface area (TPSA) is 285 Å². The molecule has 7 heterocycles. The van der Waals surface area contributed by atoms with Crippen LogP contribution >= 0.6 is 22.7 Å². The number of benzene rings is 3. The molecule has 0 unspecified atom stereocenters. The summed E-state index contributed by atoms with van der Waals surface area (Å²) in [7, 11) is -0.188. The van der Waals surface area contributed by atoms with Crippen LogP contribution in [0.5, 0.6) is 11.5 Å². The van der Waals surface area contributed by atoms with Crippen molar-refractivity contribution >= 4 is 87.9 Å². The molecular formula is C43H39N13O7S3. The lowest BCUT2D eigenvalue weighted by Crippen LogP contribution is -2.14. The molecule has 0 fully saturated rings. The van der Waals surface area contributed by atoms with Gasteiger partial charge in [-0.2, -0.15) is 0 Å². The van der Waals surface area contributed by atoms with Crippen LogP contribution in [0.15, 0.2) is 122 Å². The Kier molecular flexibility index (Phi) is 14.6. The van der Waals surface area contributed by atoms with Crippen LogP contribution < -0.4 is 20.5 Å². The molecular weight excluding hydrogens is 907 g/mol. The summed E-state index contributed by atoms with van der Waals surface area (Å²) in [4.78, 5) is 37.2.